The van der Waals surface area contributed by atoms with Gasteiger partial charge < -0.3 is 4.74 Å². The van der Waals surface area contributed by atoms with Gasteiger partial charge >= 0.3 is 0 Å². The maximum atomic E-state index is 5.84. The molecule has 0 spiro atoms. The summed E-state index contributed by atoms with van der Waals surface area (Å²) in [4.78, 5) is 0. The summed E-state index contributed by atoms with van der Waals surface area (Å²) in [6.45, 7) is 5.09. The lowest BCUT2D eigenvalue weighted by Gasteiger charge is -2.28. The van der Waals surface area contributed by atoms with Crippen LogP contribution in [0.4, 0.5) is 0 Å². The fourth-order valence-corrected chi connectivity index (χ4v) is 2.43. The molecule has 0 amide bonds. The Morgan fingerprint density at radius 1 is 1.12 bits per heavy atom. The normalized spacial score (nSPS) is 26.9. The predicted molar refractivity (Wildman–Crippen MR) is 70.6 cm³/mol. The molecule has 1 rings (SSSR count). The van der Waals surface area contributed by atoms with E-state index >= 15 is 0 Å². The first-order chi connectivity index (χ1) is 7.86. The molecule has 1 heteroatoms. The molecule has 1 fully saturated rings. The molecule has 1 nitrogen and oxygen atoms in total. The molecule has 0 unspecified atom stereocenters. The Morgan fingerprint density at radius 3 is 2.50 bits per heavy atom. The Morgan fingerprint density at radius 2 is 1.88 bits per heavy atom. The van der Waals surface area contributed by atoms with Crippen LogP contribution in [0.2, 0.25) is 0 Å². The van der Waals surface area contributed by atoms with Crippen LogP contribution in [0.3, 0.4) is 0 Å². The van der Waals surface area contributed by atoms with E-state index in [1.54, 1.807) is 0 Å². The van der Waals surface area contributed by atoms with Gasteiger partial charge in [-0.25, -0.2) is 0 Å². The Hall–Kier alpha value is -0.560. The van der Waals surface area contributed by atoms with Gasteiger partial charge in [0.15, 0.2) is 0 Å². The van der Waals surface area contributed by atoms with E-state index in [9.17, 15) is 0 Å². The Bertz CT molecular complexity index is 209. The summed E-state index contributed by atoms with van der Waals surface area (Å²) < 4.78 is 5.84. The van der Waals surface area contributed by atoms with Crippen LogP contribution in [0.15, 0.2) is 24.3 Å². The summed E-state index contributed by atoms with van der Waals surface area (Å²) in [5.41, 5.74) is 0. The van der Waals surface area contributed by atoms with Crippen molar-refractivity contribution in [1.82, 2.24) is 0 Å². The van der Waals surface area contributed by atoms with Crippen molar-refractivity contribution in [2.24, 2.45) is 5.92 Å². The first kappa shape index (κ1) is 13.5. The quantitative estimate of drug-likeness (QED) is 0.601. The third-order valence-electron chi connectivity index (χ3n) is 3.36. The lowest BCUT2D eigenvalue weighted by molar-refractivity contribution is 0.0336. The van der Waals surface area contributed by atoms with E-state index in [2.05, 4.69) is 19.1 Å². The smallest absolute Gasteiger partial charge is 0.0654 e. The van der Waals surface area contributed by atoms with Crippen molar-refractivity contribution in [2.75, 3.05) is 6.61 Å². The number of allylic oxidation sites excluding steroid dienone is 3. The summed E-state index contributed by atoms with van der Waals surface area (Å²) in [5, 5.41) is 0. The topological polar surface area (TPSA) is 9.23 Å². The van der Waals surface area contributed by atoms with E-state index < -0.39 is 0 Å². The molecule has 0 aromatic carbocycles. The van der Waals surface area contributed by atoms with Crippen molar-refractivity contribution in [2.45, 2.75) is 58.5 Å². The molecule has 0 aromatic rings. The van der Waals surface area contributed by atoms with Crippen LogP contribution in [0.1, 0.15) is 52.4 Å². The van der Waals surface area contributed by atoms with Crippen molar-refractivity contribution < 1.29 is 4.74 Å². The van der Waals surface area contributed by atoms with E-state index in [-0.39, 0.29) is 0 Å². The minimum Gasteiger partial charge on any atom is -0.374 e. The van der Waals surface area contributed by atoms with E-state index in [0.29, 0.717) is 6.10 Å². The molecular formula is C15H26O. The van der Waals surface area contributed by atoms with Crippen LogP contribution < -0.4 is 0 Å². The van der Waals surface area contributed by atoms with Gasteiger partial charge in [-0.2, -0.15) is 0 Å². The highest BCUT2D eigenvalue weighted by atomic mass is 16.5. The van der Waals surface area contributed by atoms with Crippen molar-refractivity contribution in [1.29, 1.82) is 0 Å². The molecule has 0 radical (unpaired) electrons. The van der Waals surface area contributed by atoms with Gasteiger partial charge in [-0.3, -0.25) is 0 Å². The highest BCUT2D eigenvalue weighted by Crippen LogP contribution is 2.29. The summed E-state index contributed by atoms with van der Waals surface area (Å²) in [7, 11) is 0. The van der Waals surface area contributed by atoms with Crippen LogP contribution in [-0.2, 0) is 4.74 Å². The molecule has 0 bridgehead atoms. The number of ether oxygens (including phenoxy) is 1. The highest BCUT2D eigenvalue weighted by molar-refractivity contribution is 5.01. The second-order valence-electron chi connectivity index (χ2n) is 4.72. The van der Waals surface area contributed by atoms with Gasteiger partial charge in [-0.15, -0.1) is 0 Å². The van der Waals surface area contributed by atoms with Gasteiger partial charge in [0.1, 0.15) is 0 Å². The maximum Gasteiger partial charge on any atom is 0.0654 e. The van der Waals surface area contributed by atoms with Gasteiger partial charge in [0.25, 0.3) is 0 Å². The number of hydrogen-bond acceptors (Lipinski definition) is 1. The summed E-state index contributed by atoms with van der Waals surface area (Å²) in [5.74, 6) is 0.975. The molecule has 0 heterocycles. The van der Waals surface area contributed by atoms with Gasteiger partial charge in [0, 0.05) is 0 Å². The van der Waals surface area contributed by atoms with E-state index in [0.717, 1.165) is 12.5 Å². The molecular weight excluding hydrogens is 196 g/mol. The SMILES string of the molecule is C/C=C/C=C/COC1CCC(CCC)CC1. The predicted octanol–water partition coefficient (Wildman–Crippen LogP) is 4.49. The van der Waals surface area contributed by atoms with Crippen molar-refractivity contribution >= 4 is 0 Å². The molecule has 0 atom stereocenters. The minimum absolute atomic E-state index is 0.517. The fraction of sp³-hybridized carbons (Fsp3) is 0.733. The molecule has 0 saturated heterocycles. The Balaban J connectivity index is 2.08. The second kappa shape index (κ2) is 8.58. The molecule has 0 aliphatic heterocycles. The zero-order valence-electron chi connectivity index (χ0n) is 10.8. The van der Waals surface area contributed by atoms with Crippen molar-refractivity contribution in [3.63, 3.8) is 0 Å². The Kier molecular flexibility index (Phi) is 7.24. The van der Waals surface area contributed by atoms with E-state index in [1.807, 2.05) is 19.1 Å². The Labute approximate surface area is 101 Å². The van der Waals surface area contributed by atoms with Crippen molar-refractivity contribution in [3.8, 4) is 0 Å². The third kappa shape index (κ3) is 5.50. The highest BCUT2D eigenvalue weighted by Gasteiger charge is 2.20. The number of rotatable bonds is 6. The molecule has 1 aliphatic rings. The molecule has 92 valence electrons. The van der Waals surface area contributed by atoms with E-state index in [4.69, 9.17) is 4.74 Å². The monoisotopic (exact) mass is 222 g/mol. The average Bonchev–Trinajstić information content (AvgIpc) is 2.31. The third-order valence-corrected chi connectivity index (χ3v) is 3.36. The molecule has 1 saturated carbocycles. The van der Waals surface area contributed by atoms with Crippen LogP contribution in [-0.4, -0.2) is 12.7 Å². The van der Waals surface area contributed by atoms with Crippen LogP contribution >= 0.6 is 0 Å². The molecule has 16 heavy (non-hydrogen) atoms. The fourth-order valence-electron chi connectivity index (χ4n) is 2.43. The van der Waals surface area contributed by atoms with Crippen LogP contribution in [0.25, 0.3) is 0 Å². The lowest BCUT2D eigenvalue weighted by Crippen LogP contribution is -2.21. The molecule has 0 N–H and O–H groups in total. The largest absolute Gasteiger partial charge is 0.374 e. The molecule has 1 aliphatic carbocycles. The lowest BCUT2D eigenvalue weighted by atomic mass is 9.85. The minimum atomic E-state index is 0.517. The van der Waals surface area contributed by atoms with Gasteiger partial charge in [0.05, 0.1) is 12.7 Å². The first-order valence-corrected chi connectivity index (χ1v) is 6.76. The van der Waals surface area contributed by atoms with Gasteiger partial charge in [-0.1, -0.05) is 44.1 Å². The second-order valence-corrected chi connectivity index (χ2v) is 4.72. The summed E-state index contributed by atoms with van der Waals surface area (Å²) >= 11 is 0. The van der Waals surface area contributed by atoms with Crippen molar-refractivity contribution in [3.05, 3.63) is 24.3 Å². The number of hydrogen-bond donors (Lipinski definition) is 0. The van der Waals surface area contributed by atoms with Crippen LogP contribution in [0.5, 0.6) is 0 Å². The maximum absolute atomic E-state index is 5.84. The van der Waals surface area contributed by atoms with Gasteiger partial charge in [-0.05, 0) is 38.5 Å². The van der Waals surface area contributed by atoms with E-state index in [1.165, 1.54) is 38.5 Å². The first-order valence-electron chi connectivity index (χ1n) is 6.76. The summed E-state index contributed by atoms with van der Waals surface area (Å²) in [6, 6.07) is 0. The average molecular weight is 222 g/mol. The van der Waals surface area contributed by atoms with Crippen LogP contribution in [0, 0.1) is 5.92 Å². The zero-order valence-corrected chi connectivity index (χ0v) is 10.8. The van der Waals surface area contributed by atoms with Gasteiger partial charge in [0.2, 0.25) is 0 Å². The standard InChI is InChI=1S/C15H26O/c1-3-5-6-7-13-16-15-11-9-14(8-4-2)10-12-15/h3,5-7,14-15H,4,8-13H2,1-2H3/b5-3+,7-6+. The summed E-state index contributed by atoms with van der Waals surface area (Å²) in [6.07, 6.45) is 16.8. The zero-order chi connectivity index (χ0) is 11.6. The molecule has 0 aromatic heterocycles.